The minimum absolute atomic E-state index is 0.0266. The maximum Gasteiger partial charge on any atom is 0.417 e. The minimum atomic E-state index is -5.17. The predicted octanol–water partition coefficient (Wildman–Crippen LogP) is 11.7. The SMILES string of the molecule is CCCC(C)(C)Nc1ccc(-c2ccc(NC(=O)c3ccc(-c4ccc(C(=O)C(C)(CC)CC)c(C(=O)O)c4)cc3C(=O)O)cc2C(F)(F)F)c(C(F)(F)F)c1. The van der Waals surface area contributed by atoms with Gasteiger partial charge in [0.2, 0.25) is 0 Å². The van der Waals surface area contributed by atoms with E-state index in [1.54, 1.807) is 20.8 Å². The molecule has 56 heavy (non-hydrogen) atoms. The molecule has 0 unspecified atom stereocenters. The van der Waals surface area contributed by atoms with Crippen molar-refractivity contribution >= 4 is 35.0 Å². The highest BCUT2D eigenvalue weighted by molar-refractivity contribution is 6.12. The van der Waals surface area contributed by atoms with E-state index in [9.17, 15) is 55.7 Å². The van der Waals surface area contributed by atoms with Gasteiger partial charge in [0, 0.05) is 27.9 Å². The fraction of sp³-hybridized carbons (Fsp3) is 0.333. The van der Waals surface area contributed by atoms with Gasteiger partial charge in [-0.2, -0.15) is 26.3 Å². The third kappa shape index (κ3) is 9.40. The van der Waals surface area contributed by atoms with E-state index < -0.39 is 80.2 Å². The number of benzene rings is 4. The van der Waals surface area contributed by atoms with Crippen molar-refractivity contribution in [3.8, 4) is 22.3 Å². The average molecular weight is 785 g/mol. The van der Waals surface area contributed by atoms with Crippen molar-refractivity contribution in [2.75, 3.05) is 10.6 Å². The molecule has 0 bridgehead atoms. The summed E-state index contributed by atoms with van der Waals surface area (Å²) < 4.78 is 86.4. The van der Waals surface area contributed by atoms with Crippen molar-refractivity contribution in [1.29, 1.82) is 0 Å². The first-order valence-corrected chi connectivity index (χ1v) is 17.8. The highest BCUT2D eigenvalue weighted by Gasteiger charge is 2.39. The van der Waals surface area contributed by atoms with E-state index in [1.807, 2.05) is 20.8 Å². The van der Waals surface area contributed by atoms with Gasteiger partial charge in [0.15, 0.2) is 5.78 Å². The van der Waals surface area contributed by atoms with Crippen LogP contribution in [0.5, 0.6) is 0 Å². The van der Waals surface area contributed by atoms with E-state index in [4.69, 9.17) is 0 Å². The lowest BCUT2D eigenvalue weighted by atomic mass is 9.76. The van der Waals surface area contributed by atoms with Gasteiger partial charge in [-0.3, -0.25) is 9.59 Å². The number of Topliss-reactive ketones (excluding diaryl/α,β-unsaturated/α-hetero) is 1. The number of carboxylic acid groups (broad SMARTS) is 2. The summed E-state index contributed by atoms with van der Waals surface area (Å²) in [6, 6.07) is 12.7. The number of nitrogens with one attached hydrogen (secondary N) is 2. The van der Waals surface area contributed by atoms with Crippen LogP contribution in [0.3, 0.4) is 0 Å². The van der Waals surface area contributed by atoms with Crippen LogP contribution in [0.1, 0.15) is 120 Å². The minimum Gasteiger partial charge on any atom is -0.478 e. The molecule has 0 saturated heterocycles. The lowest BCUT2D eigenvalue weighted by Gasteiger charge is -2.28. The van der Waals surface area contributed by atoms with Crippen molar-refractivity contribution in [2.45, 2.75) is 85.1 Å². The Hall–Kier alpha value is -5.66. The first-order chi connectivity index (χ1) is 26.0. The number of alkyl halides is 6. The quantitative estimate of drug-likeness (QED) is 0.0739. The molecule has 1 amide bonds. The molecule has 298 valence electrons. The van der Waals surface area contributed by atoms with Crippen LogP contribution in [0, 0.1) is 5.41 Å². The van der Waals surface area contributed by atoms with Crippen LogP contribution < -0.4 is 10.6 Å². The van der Waals surface area contributed by atoms with Crippen molar-refractivity contribution in [3.05, 3.63) is 106 Å². The van der Waals surface area contributed by atoms with Gasteiger partial charge in [0.1, 0.15) is 0 Å². The molecule has 4 rings (SSSR count). The molecule has 14 heteroatoms. The largest absolute Gasteiger partial charge is 0.478 e. The summed E-state index contributed by atoms with van der Waals surface area (Å²) >= 11 is 0. The summed E-state index contributed by atoms with van der Waals surface area (Å²) in [5.41, 5.74) is -7.16. The number of carbonyl (C=O) groups excluding carboxylic acids is 2. The average Bonchev–Trinajstić information content (AvgIpc) is 3.12. The number of rotatable bonds is 14. The van der Waals surface area contributed by atoms with Crippen LogP contribution in [-0.2, 0) is 12.4 Å². The molecular weight excluding hydrogens is 742 g/mol. The van der Waals surface area contributed by atoms with Crippen LogP contribution in [-0.4, -0.2) is 39.4 Å². The Kier molecular flexibility index (Phi) is 12.5. The van der Waals surface area contributed by atoms with Crippen molar-refractivity contribution < 1.29 is 55.7 Å². The first-order valence-electron chi connectivity index (χ1n) is 17.8. The molecule has 0 aliphatic heterocycles. The molecule has 4 aromatic carbocycles. The Morgan fingerprint density at radius 1 is 0.589 bits per heavy atom. The van der Waals surface area contributed by atoms with Crippen molar-refractivity contribution in [2.24, 2.45) is 5.41 Å². The molecule has 0 radical (unpaired) electrons. The first kappa shape index (κ1) is 43.1. The summed E-state index contributed by atoms with van der Waals surface area (Å²) in [7, 11) is 0. The molecule has 0 saturated carbocycles. The molecule has 0 aromatic heterocycles. The number of carboxylic acids is 2. The second-order valence-electron chi connectivity index (χ2n) is 14.5. The molecule has 0 aliphatic rings. The summed E-state index contributed by atoms with van der Waals surface area (Å²) in [6.45, 7) is 10.8. The highest BCUT2D eigenvalue weighted by atomic mass is 19.4. The number of hydrogen-bond acceptors (Lipinski definition) is 5. The standard InChI is InChI=1S/C42H42F6N2O6/c1-7-18-39(4,5)50-26-13-17-28(34(22-26)42(46,47)48)27-16-12-25(21-33(27)41(43,44)45)49-36(52)30-15-11-24(20-32(30)38(55)56)23-10-14-29(31(19-23)37(53)54)35(51)40(6,8-2)9-3/h10-17,19-22,50H,7-9,18H2,1-6H3,(H,49,52)(H,53,54)(H,55,56). The van der Waals surface area contributed by atoms with Crippen molar-refractivity contribution in [1.82, 2.24) is 0 Å². The molecule has 0 aliphatic carbocycles. The number of anilines is 2. The summed E-state index contributed by atoms with van der Waals surface area (Å²) in [6.07, 6.45) is -7.94. The molecule has 8 nitrogen and oxygen atoms in total. The number of aromatic carboxylic acids is 2. The highest BCUT2D eigenvalue weighted by Crippen LogP contribution is 2.45. The third-order valence-electron chi connectivity index (χ3n) is 9.99. The van der Waals surface area contributed by atoms with E-state index in [-0.39, 0.29) is 33.7 Å². The Bertz CT molecular complexity index is 2170. The van der Waals surface area contributed by atoms with Gasteiger partial charge in [-0.05, 0) is 104 Å². The summed E-state index contributed by atoms with van der Waals surface area (Å²) in [5, 5.41) is 25.2. The fourth-order valence-corrected chi connectivity index (χ4v) is 6.55. The fourth-order valence-electron chi connectivity index (χ4n) is 6.55. The Labute approximate surface area is 319 Å². The molecule has 0 spiro atoms. The number of amides is 1. The lowest BCUT2D eigenvalue weighted by Crippen LogP contribution is -2.30. The third-order valence-corrected chi connectivity index (χ3v) is 9.99. The van der Waals surface area contributed by atoms with Gasteiger partial charge in [0.05, 0.1) is 27.8 Å². The molecule has 4 N–H and O–H groups in total. The van der Waals surface area contributed by atoms with Crippen molar-refractivity contribution in [3.63, 3.8) is 0 Å². The van der Waals surface area contributed by atoms with Crippen LogP contribution >= 0.6 is 0 Å². The topological polar surface area (TPSA) is 133 Å². The van der Waals surface area contributed by atoms with E-state index in [0.29, 0.717) is 25.3 Å². The van der Waals surface area contributed by atoms with Crippen LogP contribution in [0.2, 0.25) is 0 Å². The predicted molar refractivity (Wildman–Crippen MR) is 201 cm³/mol. The normalized spacial score (nSPS) is 12.3. The van der Waals surface area contributed by atoms with Gasteiger partial charge in [-0.15, -0.1) is 0 Å². The number of hydrogen-bond donors (Lipinski definition) is 4. The van der Waals surface area contributed by atoms with Crippen LogP contribution in [0.15, 0.2) is 72.8 Å². The van der Waals surface area contributed by atoms with E-state index in [2.05, 4.69) is 10.6 Å². The van der Waals surface area contributed by atoms with E-state index in [0.717, 1.165) is 42.8 Å². The number of ketones is 1. The summed E-state index contributed by atoms with van der Waals surface area (Å²) in [4.78, 5) is 51.2. The number of halogens is 6. The van der Waals surface area contributed by atoms with E-state index >= 15 is 0 Å². The van der Waals surface area contributed by atoms with Crippen LogP contribution in [0.25, 0.3) is 22.3 Å². The van der Waals surface area contributed by atoms with Gasteiger partial charge >= 0.3 is 24.3 Å². The second kappa shape index (κ2) is 16.2. The zero-order valence-electron chi connectivity index (χ0n) is 31.6. The Morgan fingerprint density at radius 3 is 1.48 bits per heavy atom. The van der Waals surface area contributed by atoms with Gasteiger partial charge in [0.25, 0.3) is 5.91 Å². The maximum atomic E-state index is 14.5. The Balaban J connectivity index is 1.73. The smallest absolute Gasteiger partial charge is 0.417 e. The van der Waals surface area contributed by atoms with Crippen LogP contribution in [0.4, 0.5) is 37.7 Å². The van der Waals surface area contributed by atoms with Gasteiger partial charge in [-0.25, -0.2) is 9.59 Å². The van der Waals surface area contributed by atoms with E-state index in [1.165, 1.54) is 30.3 Å². The number of carbonyl (C=O) groups is 4. The maximum absolute atomic E-state index is 14.5. The molecule has 0 atom stereocenters. The van der Waals surface area contributed by atoms with Gasteiger partial charge in [-0.1, -0.05) is 58.4 Å². The monoisotopic (exact) mass is 784 g/mol. The molecule has 0 heterocycles. The molecule has 0 fully saturated rings. The zero-order valence-corrected chi connectivity index (χ0v) is 31.6. The zero-order chi connectivity index (χ0) is 42.0. The summed E-state index contributed by atoms with van der Waals surface area (Å²) in [5.74, 6) is -4.49. The molecular formula is C42H42F6N2O6. The lowest BCUT2D eigenvalue weighted by molar-refractivity contribution is -0.139. The Morgan fingerprint density at radius 2 is 1.04 bits per heavy atom. The van der Waals surface area contributed by atoms with Gasteiger partial charge < -0.3 is 20.8 Å². The second-order valence-corrected chi connectivity index (χ2v) is 14.5. The molecule has 4 aromatic rings.